The molecule has 4 aromatic rings. The van der Waals surface area contributed by atoms with E-state index < -0.39 is 0 Å². The zero-order valence-electron chi connectivity index (χ0n) is 16.5. The molecule has 1 aliphatic carbocycles. The summed E-state index contributed by atoms with van der Waals surface area (Å²) >= 11 is 0. The summed E-state index contributed by atoms with van der Waals surface area (Å²) in [6, 6.07) is 9.76. The van der Waals surface area contributed by atoms with Gasteiger partial charge in [0.25, 0.3) is 0 Å². The molecule has 0 amide bonds. The molecular formula is C21H20N6O3. The van der Waals surface area contributed by atoms with Crippen LogP contribution in [0.15, 0.2) is 45.7 Å². The second-order valence-electron chi connectivity index (χ2n) is 7.78. The van der Waals surface area contributed by atoms with Crippen LogP contribution in [0.3, 0.4) is 0 Å². The Morgan fingerprint density at radius 2 is 2.03 bits per heavy atom. The number of rotatable bonds is 3. The van der Waals surface area contributed by atoms with E-state index in [2.05, 4.69) is 20.2 Å². The predicted octanol–water partition coefficient (Wildman–Crippen LogP) is 2.88. The minimum atomic E-state index is -0.163. The van der Waals surface area contributed by atoms with E-state index in [1.165, 1.54) is 15.5 Å². The Morgan fingerprint density at radius 3 is 2.87 bits per heavy atom. The molecule has 9 heteroatoms. The lowest BCUT2D eigenvalue weighted by Crippen LogP contribution is -2.28. The molecule has 2 aliphatic rings. The van der Waals surface area contributed by atoms with Gasteiger partial charge in [-0.15, -0.1) is 10.2 Å². The molecule has 4 heterocycles. The molecule has 0 N–H and O–H groups in total. The van der Waals surface area contributed by atoms with E-state index in [-0.39, 0.29) is 5.69 Å². The van der Waals surface area contributed by atoms with Crippen molar-refractivity contribution in [2.45, 2.75) is 25.2 Å². The summed E-state index contributed by atoms with van der Waals surface area (Å²) < 4.78 is 14.7. The van der Waals surface area contributed by atoms with Gasteiger partial charge in [-0.3, -0.25) is 4.40 Å². The summed E-state index contributed by atoms with van der Waals surface area (Å²) in [5.41, 5.74) is 3.20. The van der Waals surface area contributed by atoms with E-state index in [0.717, 1.165) is 41.4 Å². The van der Waals surface area contributed by atoms with Crippen LogP contribution >= 0.6 is 0 Å². The van der Waals surface area contributed by atoms with Crippen molar-refractivity contribution in [1.82, 2.24) is 24.4 Å². The van der Waals surface area contributed by atoms with Crippen LogP contribution in [0.2, 0.25) is 0 Å². The molecular weight excluding hydrogens is 384 g/mol. The Hall–Kier alpha value is -3.62. The summed E-state index contributed by atoms with van der Waals surface area (Å²) in [5, 5.41) is 12.7. The van der Waals surface area contributed by atoms with E-state index in [9.17, 15) is 4.79 Å². The molecule has 1 aromatic carbocycles. The number of nitrogens with zero attached hydrogens (tertiary/aromatic N) is 6. The van der Waals surface area contributed by atoms with Crippen molar-refractivity contribution in [1.29, 1.82) is 0 Å². The number of ether oxygens (including phenoxy) is 1. The topological polar surface area (TPSA) is 90.7 Å². The van der Waals surface area contributed by atoms with Crippen molar-refractivity contribution in [3.8, 4) is 17.2 Å². The van der Waals surface area contributed by atoms with Gasteiger partial charge < -0.3 is 14.1 Å². The molecule has 0 saturated heterocycles. The summed E-state index contributed by atoms with van der Waals surface area (Å²) in [7, 11) is 1.65. The maximum absolute atomic E-state index is 12.1. The van der Waals surface area contributed by atoms with Crippen molar-refractivity contribution in [3.63, 3.8) is 0 Å². The van der Waals surface area contributed by atoms with Gasteiger partial charge in [0.05, 0.1) is 12.2 Å². The quantitative estimate of drug-likeness (QED) is 0.518. The van der Waals surface area contributed by atoms with Crippen LogP contribution < -0.4 is 15.3 Å². The third-order valence-corrected chi connectivity index (χ3v) is 5.93. The molecule has 0 radical (unpaired) electrons. The van der Waals surface area contributed by atoms with Gasteiger partial charge in [-0.1, -0.05) is 6.42 Å². The maximum atomic E-state index is 12.1. The highest BCUT2D eigenvalue weighted by molar-refractivity contribution is 5.75. The lowest BCUT2D eigenvalue weighted by Gasteiger charge is -2.31. The van der Waals surface area contributed by atoms with Crippen LogP contribution in [0.5, 0.6) is 5.75 Å². The number of pyridine rings is 1. The van der Waals surface area contributed by atoms with E-state index in [0.29, 0.717) is 30.6 Å². The molecule has 9 nitrogen and oxygen atoms in total. The first-order valence-corrected chi connectivity index (χ1v) is 10.1. The van der Waals surface area contributed by atoms with Gasteiger partial charge in [0.1, 0.15) is 12.4 Å². The van der Waals surface area contributed by atoms with E-state index in [1.54, 1.807) is 13.2 Å². The second-order valence-corrected chi connectivity index (χ2v) is 7.78. The van der Waals surface area contributed by atoms with Crippen LogP contribution in [0.4, 0.5) is 11.4 Å². The Balaban J connectivity index is 1.35. The molecule has 0 bridgehead atoms. The number of fused-ring (bicyclic) bond motifs is 2. The van der Waals surface area contributed by atoms with Crippen molar-refractivity contribution in [2.24, 2.45) is 7.05 Å². The first-order chi connectivity index (χ1) is 14.7. The second kappa shape index (κ2) is 6.45. The maximum Gasteiger partial charge on any atom is 0.350 e. The highest BCUT2D eigenvalue weighted by atomic mass is 16.5. The molecule has 0 unspecified atom stereocenters. The fourth-order valence-electron chi connectivity index (χ4n) is 4.03. The average molecular weight is 404 g/mol. The molecule has 30 heavy (non-hydrogen) atoms. The van der Waals surface area contributed by atoms with Gasteiger partial charge in [-0.25, -0.2) is 9.48 Å². The predicted molar refractivity (Wildman–Crippen MR) is 109 cm³/mol. The number of hydrogen-bond donors (Lipinski definition) is 0. The van der Waals surface area contributed by atoms with Gasteiger partial charge in [-0.05, 0) is 37.1 Å². The van der Waals surface area contributed by atoms with Gasteiger partial charge in [0.2, 0.25) is 11.8 Å². The number of aryl methyl sites for hydroxylation is 1. The first kappa shape index (κ1) is 17.3. The molecule has 1 aliphatic heterocycles. The average Bonchev–Trinajstić information content (AvgIpc) is 3.30. The van der Waals surface area contributed by atoms with Gasteiger partial charge >= 0.3 is 5.69 Å². The highest BCUT2D eigenvalue weighted by Gasteiger charge is 2.26. The van der Waals surface area contributed by atoms with Crippen LogP contribution in [0.25, 0.3) is 17.1 Å². The number of hydrogen-bond acceptors (Lipinski definition) is 7. The fourth-order valence-corrected chi connectivity index (χ4v) is 4.03. The molecule has 1 fully saturated rings. The minimum Gasteiger partial charge on any atom is -0.490 e. The molecule has 1 saturated carbocycles. The Bertz CT molecular complexity index is 1320. The highest BCUT2D eigenvalue weighted by Crippen LogP contribution is 2.40. The Kier molecular flexibility index (Phi) is 3.71. The standard InChI is InChI=1S/C21H20N6O3/c1-25-21(28)27-8-7-15(12-18(27)24-25)26-9-10-29-17-11-14(5-6-16(17)26)20-23-22-19(30-20)13-3-2-4-13/h5-8,11-13H,2-4,9-10H2,1H3. The van der Waals surface area contributed by atoms with Crippen molar-refractivity contribution >= 4 is 17.0 Å². The Morgan fingerprint density at radius 1 is 1.13 bits per heavy atom. The lowest BCUT2D eigenvalue weighted by atomic mass is 9.85. The van der Waals surface area contributed by atoms with E-state index in [1.807, 2.05) is 30.3 Å². The zero-order valence-corrected chi connectivity index (χ0v) is 16.5. The molecule has 0 spiro atoms. The molecule has 6 rings (SSSR count). The summed E-state index contributed by atoms with van der Waals surface area (Å²) in [6.45, 7) is 1.25. The third kappa shape index (κ3) is 2.62. The number of benzene rings is 1. The van der Waals surface area contributed by atoms with Crippen LogP contribution in [0.1, 0.15) is 31.1 Å². The SMILES string of the molecule is Cn1nc2cc(N3CCOc4cc(-c5nnc(C6CCC6)o5)ccc43)ccn2c1=O. The molecule has 3 aromatic heterocycles. The van der Waals surface area contributed by atoms with Crippen LogP contribution in [-0.4, -0.2) is 37.5 Å². The molecule has 152 valence electrons. The van der Waals surface area contributed by atoms with Crippen molar-refractivity contribution in [3.05, 3.63) is 52.9 Å². The van der Waals surface area contributed by atoms with Crippen molar-refractivity contribution in [2.75, 3.05) is 18.1 Å². The summed E-state index contributed by atoms with van der Waals surface area (Å²) in [5.74, 6) is 2.43. The fraction of sp³-hybridized carbons (Fsp3) is 0.333. The Labute approximate surface area is 171 Å². The zero-order chi connectivity index (χ0) is 20.2. The summed E-state index contributed by atoms with van der Waals surface area (Å²) in [4.78, 5) is 14.2. The minimum absolute atomic E-state index is 0.163. The van der Waals surface area contributed by atoms with Gasteiger partial charge in [0.15, 0.2) is 5.65 Å². The van der Waals surface area contributed by atoms with Crippen LogP contribution in [-0.2, 0) is 7.05 Å². The first-order valence-electron chi connectivity index (χ1n) is 10.1. The van der Waals surface area contributed by atoms with Gasteiger partial charge in [-0.2, -0.15) is 5.10 Å². The summed E-state index contributed by atoms with van der Waals surface area (Å²) in [6.07, 6.45) is 5.22. The smallest absolute Gasteiger partial charge is 0.350 e. The van der Waals surface area contributed by atoms with E-state index in [4.69, 9.17) is 9.15 Å². The molecule has 0 atom stereocenters. The van der Waals surface area contributed by atoms with E-state index >= 15 is 0 Å². The van der Waals surface area contributed by atoms with Crippen LogP contribution in [0, 0.1) is 0 Å². The largest absolute Gasteiger partial charge is 0.490 e. The number of anilines is 2. The lowest BCUT2D eigenvalue weighted by molar-refractivity contribution is 0.314. The third-order valence-electron chi connectivity index (χ3n) is 5.93. The van der Waals surface area contributed by atoms with Crippen molar-refractivity contribution < 1.29 is 9.15 Å². The number of aromatic nitrogens is 5. The van der Waals surface area contributed by atoms with Gasteiger partial charge in [0, 0.05) is 36.5 Å². The monoisotopic (exact) mass is 404 g/mol. The normalized spacial score (nSPS) is 16.4.